The first kappa shape index (κ1) is 10.9. The maximum atomic E-state index is 6.14. The molecule has 0 radical (unpaired) electrons. The number of anilines is 1. The van der Waals surface area contributed by atoms with Crippen LogP contribution in [-0.2, 0) is 6.42 Å². The fraction of sp³-hybridized carbons (Fsp3) is 0.400. The Morgan fingerprint density at radius 1 is 1.38 bits per heavy atom. The van der Waals surface area contributed by atoms with Crippen LogP contribution in [0, 0.1) is 0 Å². The molecule has 0 bridgehead atoms. The highest BCUT2D eigenvalue weighted by atomic mass is 79.9. The zero-order valence-electron chi connectivity index (χ0n) is 8.06. The van der Waals surface area contributed by atoms with Crippen LogP contribution in [-0.4, -0.2) is 14.1 Å². The third kappa shape index (κ3) is 2.38. The minimum atomic E-state index is 0.802. The molecular weight excluding hydrogens is 249 g/mol. The van der Waals surface area contributed by atoms with Crippen LogP contribution < -0.4 is 4.90 Å². The Morgan fingerprint density at radius 2 is 2.00 bits per heavy atom. The molecule has 0 aromatic heterocycles. The molecule has 13 heavy (non-hydrogen) atoms. The Morgan fingerprint density at radius 3 is 2.38 bits per heavy atom. The van der Waals surface area contributed by atoms with Crippen molar-refractivity contribution >= 4 is 33.2 Å². The summed E-state index contributed by atoms with van der Waals surface area (Å²) in [6, 6.07) is 4.13. The van der Waals surface area contributed by atoms with Crippen molar-refractivity contribution in [1.82, 2.24) is 0 Å². The molecule has 0 saturated carbocycles. The van der Waals surface area contributed by atoms with Gasteiger partial charge in [0.25, 0.3) is 0 Å². The largest absolute Gasteiger partial charge is 0.376 e. The maximum absolute atomic E-state index is 6.14. The predicted molar refractivity (Wildman–Crippen MR) is 62.9 cm³/mol. The molecule has 0 atom stereocenters. The van der Waals surface area contributed by atoms with Gasteiger partial charge in [-0.1, -0.05) is 18.5 Å². The second-order valence-corrected chi connectivity index (χ2v) is 4.42. The molecular formula is C10H13BrClN. The number of hydrogen-bond donors (Lipinski definition) is 0. The van der Waals surface area contributed by atoms with E-state index < -0.39 is 0 Å². The first-order chi connectivity index (χ1) is 6.06. The number of nitrogens with zero attached hydrogens (tertiary/aromatic N) is 1. The van der Waals surface area contributed by atoms with Crippen molar-refractivity contribution < 1.29 is 0 Å². The minimum Gasteiger partial charge on any atom is -0.376 e. The van der Waals surface area contributed by atoms with Crippen molar-refractivity contribution in [1.29, 1.82) is 0 Å². The van der Waals surface area contributed by atoms with Crippen LogP contribution in [0.5, 0.6) is 0 Å². The summed E-state index contributed by atoms with van der Waals surface area (Å²) in [4.78, 5) is 2.01. The molecule has 0 aliphatic carbocycles. The Balaban J connectivity index is 3.23. The highest BCUT2D eigenvalue weighted by Crippen LogP contribution is 2.34. The van der Waals surface area contributed by atoms with Crippen LogP contribution in [0.3, 0.4) is 0 Å². The van der Waals surface area contributed by atoms with Gasteiger partial charge >= 0.3 is 0 Å². The van der Waals surface area contributed by atoms with Gasteiger partial charge < -0.3 is 4.90 Å². The summed E-state index contributed by atoms with van der Waals surface area (Å²) in [6.45, 7) is 2.12. The molecule has 1 rings (SSSR count). The quantitative estimate of drug-likeness (QED) is 0.785. The molecule has 0 heterocycles. The summed E-state index contributed by atoms with van der Waals surface area (Å²) in [5.74, 6) is 0. The highest BCUT2D eigenvalue weighted by molar-refractivity contribution is 9.10. The Kier molecular flexibility index (Phi) is 3.63. The third-order valence-electron chi connectivity index (χ3n) is 1.93. The van der Waals surface area contributed by atoms with E-state index in [1.165, 1.54) is 5.56 Å². The Hall–Kier alpha value is -0.210. The van der Waals surface area contributed by atoms with Gasteiger partial charge in [0.05, 0.1) is 10.7 Å². The highest BCUT2D eigenvalue weighted by Gasteiger charge is 2.08. The van der Waals surface area contributed by atoms with Crippen LogP contribution in [0.4, 0.5) is 5.69 Å². The zero-order valence-corrected chi connectivity index (χ0v) is 10.4. The fourth-order valence-corrected chi connectivity index (χ4v) is 2.64. The summed E-state index contributed by atoms with van der Waals surface area (Å²) in [6.07, 6.45) is 1.01. The SMILES string of the molecule is CCc1cc(Cl)c(N(C)C)c(Br)c1. The monoisotopic (exact) mass is 261 g/mol. The normalized spacial score (nSPS) is 10.2. The molecule has 0 unspecified atom stereocenters. The zero-order chi connectivity index (χ0) is 10.0. The lowest BCUT2D eigenvalue weighted by Gasteiger charge is -2.17. The van der Waals surface area contributed by atoms with E-state index in [0.717, 1.165) is 21.6 Å². The van der Waals surface area contributed by atoms with Crippen LogP contribution >= 0.6 is 27.5 Å². The molecule has 1 nitrogen and oxygen atoms in total. The predicted octanol–water partition coefficient (Wildman–Crippen LogP) is 3.73. The standard InChI is InChI=1S/C10H13BrClN/c1-4-7-5-8(11)10(13(2)3)9(12)6-7/h5-6H,4H2,1-3H3. The minimum absolute atomic E-state index is 0.802. The van der Waals surface area contributed by atoms with Crippen molar-refractivity contribution in [2.75, 3.05) is 19.0 Å². The van der Waals surface area contributed by atoms with Crippen molar-refractivity contribution in [2.24, 2.45) is 0 Å². The molecule has 0 amide bonds. The molecule has 1 aromatic rings. The molecule has 0 aliphatic heterocycles. The summed E-state index contributed by atoms with van der Waals surface area (Å²) in [7, 11) is 3.97. The van der Waals surface area contributed by atoms with E-state index in [1.54, 1.807) is 0 Å². The van der Waals surface area contributed by atoms with Crippen molar-refractivity contribution in [3.8, 4) is 0 Å². The van der Waals surface area contributed by atoms with E-state index in [4.69, 9.17) is 11.6 Å². The summed E-state index contributed by atoms with van der Waals surface area (Å²) < 4.78 is 1.06. The molecule has 0 fully saturated rings. The number of aryl methyl sites for hydroxylation is 1. The first-order valence-electron chi connectivity index (χ1n) is 4.21. The van der Waals surface area contributed by atoms with E-state index in [0.29, 0.717) is 0 Å². The number of halogens is 2. The lowest BCUT2D eigenvalue weighted by molar-refractivity contribution is 1.10. The molecule has 3 heteroatoms. The van der Waals surface area contributed by atoms with Gasteiger partial charge in [-0.2, -0.15) is 0 Å². The molecule has 0 spiro atoms. The second kappa shape index (κ2) is 4.34. The van der Waals surface area contributed by atoms with Crippen LogP contribution in [0.15, 0.2) is 16.6 Å². The van der Waals surface area contributed by atoms with Crippen LogP contribution in [0.1, 0.15) is 12.5 Å². The smallest absolute Gasteiger partial charge is 0.0694 e. The van der Waals surface area contributed by atoms with Gasteiger partial charge in [-0.15, -0.1) is 0 Å². The third-order valence-corrected chi connectivity index (χ3v) is 2.82. The topological polar surface area (TPSA) is 3.24 Å². The Bertz CT molecular complexity index is 287. The van der Waals surface area contributed by atoms with Gasteiger partial charge in [0, 0.05) is 18.6 Å². The summed E-state index contributed by atoms with van der Waals surface area (Å²) in [5, 5.41) is 0.802. The van der Waals surface area contributed by atoms with Crippen LogP contribution in [0.25, 0.3) is 0 Å². The van der Waals surface area contributed by atoms with Gasteiger partial charge in [0.15, 0.2) is 0 Å². The number of hydrogen-bond acceptors (Lipinski definition) is 1. The average molecular weight is 263 g/mol. The molecule has 0 aliphatic rings. The van der Waals surface area contributed by atoms with E-state index in [9.17, 15) is 0 Å². The van der Waals surface area contributed by atoms with E-state index in [1.807, 2.05) is 25.1 Å². The molecule has 0 saturated heterocycles. The number of benzene rings is 1. The molecule has 0 N–H and O–H groups in total. The number of rotatable bonds is 2. The summed E-state index contributed by atoms with van der Waals surface area (Å²) >= 11 is 9.65. The van der Waals surface area contributed by atoms with Crippen molar-refractivity contribution in [2.45, 2.75) is 13.3 Å². The van der Waals surface area contributed by atoms with E-state index in [-0.39, 0.29) is 0 Å². The first-order valence-corrected chi connectivity index (χ1v) is 5.38. The van der Waals surface area contributed by atoms with Crippen molar-refractivity contribution in [3.63, 3.8) is 0 Å². The van der Waals surface area contributed by atoms with Gasteiger partial charge in [0.1, 0.15) is 0 Å². The van der Waals surface area contributed by atoms with Crippen molar-refractivity contribution in [3.05, 3.63) is 27.2 Å². The Labute approximate surface area is 92.8 Å². The lowest BCUT2D eigenvalue weighted by Crippen LogP contribution is -2.10. The van der Waals surface area contributed by atoms with E-state index >= 15 is 0 Å². The van der Waals surface area contributed by atoms with Crippen LogP contribution in [0.2, 0.25) is 5.02 Å². The van der Waals surface area contributed by atoms with Gasteiger partial charge in [-0.3, -0.25) is 0 Å². The van der Waals surface area contributed by atoms with E-state index in [2.05, 4.69) is 28.9 Å². The summed E-state index contributed by atoms with van der Waals surface area (Å²) in [5.41, 5.74) is 2.29. The molecule has 72 valence electrons. The second-order valence-electron chi connectivity index (χ2n) is 3.16. The van der Waals surface area contributed by atoms with Gasteiger partial charge in [-0.05, 0) is 40.0 Å². The van der Waals surface area contributed by atoms with Gasteiger partial charge in [0.2, 0.25) is 0 Å². The fourth-order valence-electron chi connectivity index (χ4n) is 1.25. The lowest BCUT2D eigenvalue weighted by atomic mass is 10.1. The average Bonchev–Trinajstić information content (AvgIpc) is 2.02. The molecule has 1 aromatic carbocycles. The van der Waals surface area contributed by atoms with Gasteiger partial charge in [-0.25, -0.2) is 0 Å². The maximum Gasteiger partial charge on any atom is 0.0694 e.